The molecule has 1 amide bonds. The van der Waals surface area contributed by atoms with Gasteiger partial charge in [0, 0.05) is 6.20 Å². The molecule has 0 aromatic carbocycles. The van der Waals surface area contributed by atoms with E-state index < -0.39 is 0 Å². The van der Waals surface area contributed by atoms with E-state index in [1.165, 1.54) is 12.3 Å². The third kappa shape index (κ3) is 2.99. The predicted molar refractivity (Wildman–Crippen MR) is 68.9 cm³/mol. The third-order valence-electron chi connectivity index (χ3n) is 2.10. The smallest absolute Gasteiger partial charge is 0.271 e. The van der Waals surface area contributed by atoms with Gasteiger partial charge in [-0.25, -0.2) is 9.97 Å². The fourth-order valence-corrected chi connectivity index (χ4v) is 2.08. The van der Waals surface area contributed by atoms with E-state index in [2.05, 4.69) is 24.9 Å². The molecule has 0 aliphatic heterocycles. The van der Waals surface area contributed by atoms with Crippen LogP contribution in [0.5, 0.6) is 0 Å². The molecule has 0 saturated heterocycles. The minimum absolute atomic E-state index is 0.170. The Bertz CT molecular complexity index is 559. The van der Waals surface area contributed by atoms with Gasteiger partial charge in [-0.1, -0.05) is 29.4 Å². The maximum atomic E-state index is 12.0. The highest BCUT2D eigenvalue weighted by Gasteiger charge is 2.16. The molecule has 18 heavy (non-hydrogen) atoms. The van der Waals surface area contributed by atoms with E-state index in [1.807, 2.05) is 6.92 Å². The van der Waals surface area contributed by atoms with Crippen LogP contribution in [0.4, 0.5) is 5.95 Å². The van der Waals surface area contributed by atoms with Crippen molar-refractivity contribution in [3.05, 3.63) is 28.0 Å². The fourth-order valence-electron chi connectivity index (χ4n) is 1.34. The molecule has 94 valence electrons. The third-order valence-corrected chi connectivity index (χ3v) is 3.07. The average Bonchev–Trinajstić information content (AvgIpc) is 2.78. The van der Waals surface area contributed by atoms with Crippen LogP contribution in [0.1, 0.15) is 28.7 Å². The summed E-state index contributed by atoms with van der Waals surface area (Å²) < 4.78 is 3.78. The predicted octanol–water partition coefficient (Wildman–Crippen LogP) is 2.19. The Hall–Kier alpha value is -1.60. The van der Waals surface area contributed by atoms with Crippen LogP contribution in [0.15, 0.2) is 12.3 Å². The summed E-state index contributed by atoms with van der Waals surface area (Å²) in [6.07, 6.45) is 3.10. The lowest BCUT2D eigenvalue weighted by Gasteiger charge is -2.02. The van der Waals surface area contributed by atoms with Crippen LogP contribution >= 0.6 is 23.1 Å². The number of carbonyl (C=O) groups is 1. The van der Waals surface area contributed by atoms with Crippen molar-refractivity contribution in [3.63, 3.8) is 0 Å². The Kier molecular flexibility index (Phi) is 4.16. The number of aryl methyl sites for hydroxylation is 1. The molecule has 0 atom stereocenters. The number of nitrogens with zero attached hydrogens (tertiary/aromatic N) is 4. The number of nitrogens with one attached hydrogen (secondary N) is 1. The Morgan fingerprint density at radius 1 is 1.56 bits per heavy atom. The maximum absolute atomic E-state index is 12.0. The van der Waals surface area contributed by atoms with Gasteiger partial charge in [0.05, 0.1) is 5.69 Å². The first-order valence-electron chi connectivity index (χ1n) is 5.32. The number of carbonyl (C=O) groups excluding carboxylic acids is 1. The van der Waals surface area contributed by atoms with Gasteiger partial charge < -0.3 is 0 Å². The highest BCUT2D eigenvalue weighted by Crippen LogP contribution is 2.14. The Labute approximate surface area is 113 Å². The lowest BCUT2D eigenvalue weighted by atomic mass is 10.2. The molecule has 1 N–H and O–H groups in total. The molecule has 0 fully saturated rings. The number of aromatic nitrogens is 4. The molecule has 0 saturated carbocycles. The Balaban J connectivity index is 2.14. The van der Waals surface area contributed by atoms with Gasteiger partial charge in [0.1, 0.15) is 10.0 Å². The van der Waals surface area contributed by atoms with Crippen LogP contribution in [0, 0.1) is 0 Å². The van der Waals surface area contributed by atoms with E-state index >= 15 is 0 Å². The summed E-state index contributed by atoms with van der Waals surface area (Å²) in [6, 6.07) is 1.54. The molecule has 8 heteroatoms. The van der Waals surface area contributed by atoms with E-state index in [0.717, 1.165) is 24.4 Å². The van der Waals surface area contributed by atoms with Crippen molar-refractivity contribution in [2.24, 2.45) is 0 Å². The maximum Gasteiger partial charge on any atom is 0.271 e. The minimum atomic E-state index is -0.310. The Morgan fingerprint density at radius 3 is 3.11 bits per heavy atom. The molecule has 0 bridgehead atoms. The van der Waals surface area contributed by atoms with Crippen molar-refractivity contribution in [1.29, 1.82) is 0 Å². The molecule has 2 aromatic heterocycles. The summed E-state index contributed by atoms with van der Waals surface area (Å²) in [5.41, 5.74) is 0.696. The van der Waals surface area contributed by atoms with Gasteiger partial charge in [0.25, 0.3) is 5.91 Å². The summed E-state index contributed by atoms with van der Waals surface area (Å²) in [6.45, 7) is 2.01. The van der Waals surface area contributed by atoms with Crippen LogP contribution in [-0.4, -0.2) is 25.5 Å². The SMILES string of the molecule is CCCc1nnsc1C(=O)Nc1nccc(Cl)n1. The topological polar surface area (TPSA) is 80.7 Å². The van der Waals surface area contributed by atoms with Gasteiger partial charge in [-0.3, -0.25) is 10.1 Å². The molecular formula is C10H10ClN5OS. The average molecular weight is 284 g/mol. The lowest BCUT2D eigenvalue weighted by Crippen LogP contribution is -2.14. The second kappa shape index (κ2) is 5.83. The molecular weight excluding hydrogens is 274 g/mol. The number of hydrogen-bond acceptors (Lipinski definition) is 6. The number of halogens is 1. The van der Waals surface area contributed by atoms with Crippen LogP contribution in [0.25, 0.3) is 0 Å². The molecule has 0 aliphatic rings. The minimum Gasteiger partial charge on any atom is -0.290 e. The summed E-state index contributed by atoms with van der Waals surface area (Å²) in [5, 5.41) is 6.77. The van der Waals surface area contributed by atoms with E-state index in [0.29, 0.717) is 10.6 Å². The van der Waals surface area contributed by atoms with E-state index in [-0.39, 0.29) is 17.0 Å². The number of hydrogen-bond donors (Lipinski definition) is 1. The molecule has 0 radical (unpaired) electrons. The number of amides is 1. The highest BCUT2D eigenvalue weighted by molar-refractivity contribution is 7.08. The van der Waals surface area contributed by atoms with Gasteiger partial charge >= 0.3 is 0 Å². The van der Waals surface area contributed by atoms with Crippen molar-refractivity contribution >= 4 is 35.0 Å². The van der Waals surface area contributed by atoms with Gasteiger partial charge in [0.2, 0.25) is 5.95 Å². The standard InChI is InChI=1S/C10H10ClN5OS/c1-2-3-6-8(18-16-15-6)9(17)14-10-12-5-4-7(11)13-10/h4-5H,2-3H2,1H3,(H,12,13,14,17). The summed E-state index contributed by atoms with van der Waals surface area (Å²) >= 11 is 6.77. The molecule has 2 aromatic rings. The molecule has 0 aliphatic carbocycles. The van der Waals surface area contributed by atoms with Gasteiger partial charge in [-0.2, -0.15) is 0 Å². The van der Waals surface area contributed by atoms with Crippen LogP contribution in [0.3, 0.4) is 0 Å². The number of rotatable bonds is 4. The lowest BCUT2D eigenvalue weighted by molar-refractivity contribution is 0.102. The zero-order valence-corrected chi connectivity index (χ0v) is 11.1. The van der Waals surface area contributed by atoms with Crippen molar-refractivity contribution in [2.45, 2.75) is 19.8 Å². The largest absolute Gasteiger partial charge is 0.290 e. The second-order valence-electron chi connectivity index (χ2n) is 3.46. The van der Waals surface area contributed by atoms with Crippen molar-refractivity contribution in [2.75, 3.05) is 5.32 Å². The molecule has 2 heterocycles. The second-order valence-corrected chi connectivity index (χ2v) is 4.60. The normalized spacial score (nSPS) is 10.3. The molecule has 0 spiro atoms. The first kappa shape index (κ1) is 12.8. The quantitative estimate of drug-likeness (QED) is 0.870. The van der Waals surface area contributed by atoms with Crippen molar-refractivity contribution in [3.8, 4) is 0 Å². The molecule has 6 nitrogen and oxygen atoms in total. The zero-order valence-electron chi connectivity index (χ0n) is 9.55. The van der Waals surface area contributed by atoms with E-state index in [4.69, 9.17) is 11.6 Å². The van der Waals surface area contributed by atoms with E-state index in [9.17, 15) is 4.79 Å². The van der Waals surface area contributed by atoms with Gasteiger partial charge in [-0.15, -0.1) is 5.10 Å². The first-order chi connectivity index (χ1) is 8.70. The summed E-state index contributed by atoms with van der Waals surface area (Å²) in [4.78, 5) is 20.3. The zero-order chi connectivity index (χ0) is 13.0. The molecule has 0 unspecified atom stereocenters. The van der Waals surface area contributed by atoms with Crippen LogP contribution in [-0.2, 0) is 6.42 Å². The van der Waals surface area contributed by atoms with Gasteiger partial charge in [0.15, 0.2) is 0 Å². The monoisotopic (exact) mass is 283 g/mol. The summed E-state index contributed by atoms with van der Waals surface area (Å²) in [5.74, 6) is -0.140. The van der Waals surface area contributed by atoms with Crippen molar-refractivity contribution < 1.29 is 4.79 Å². The summed E-state index contributed by atoms with van der Waals surface area (Å²) in [7, 11) is 0. The van der Waals surface area contributed by atoms with Crippen LogP contribution < -0.4 is 5.32 Å². The first-order valence-corrected chi connectivity index (χ1v) is 6.47. The highest BCUT2D eigenvalue weighted by atomic mass is 35.5. The number of anilines is 1. The van der Waals surface area contributed by atoms with Crippen molar-refractivity contribution in [1.82, 2.24) is 19.6 Å². The van der Waals surface area contributed by atoms with E-state index in [1.54, 1.807) is 0 Å². The van der Waals surface area contributed by atoms with Crippen LogP contribution in [0.2, 0.25) is 5.15 Å². The fraction of sp³-hybridized carbons (Fsp3) is 0.300. The molecule has 2 rings (SSSR count). The Morgan fingerprint density at radius 2 is 2.39 bits per heavy atom. The van der Waals surface area contributed by atoms with Gasteiger partial charge in [-0.05, 0) is 24.0 Å².